The molecule has 6 heteroatoms. The summed E-state index contributed by atoms with van der Waals surface area (Å²) in [6.07, 6.45) is 3.08. The molecule has 2 atom stereocenters. The molecule has 0 aromatic carbocycles. The van der Waals surface area contributed by atoms with E-state index in [1.54, 1.807) is 0 Å². The van der Waals surface area contributed by atoms with Crippen LogP contribution in [0.15, 0.2) is 4.52 Å². The van der Waals surface area contributed by atoms with Gasteiger partial charge in [0, 0.05) is 13.2 Å². The molecule has 19 heavy (non-hydrogen) atoms. The summed E-state index contributed by atoms with van der Waals surface area (Å²) in [7, 11) is 0. The second-order valence-electron chi connectivity index (χ2n) is 4.99. The number of carbonyl (C=O) groups excluding carboxylic acids is 1. The van der Waals surface area contributed by atoms with E-state index in [1.807, 2.05) is 0 Å². The van der Waals surface area contributed by atoms with E-state index in [0.29, 0.717) is 24.2 Å². The average molecular weight is 267 g/mol. The van der Waals surface area contributed by atoms with Gasteiger partial charge in [0.15, 0.2) is 5.82 Å². The summed E-state index contributed by atoms with van der Waals surface area (Å²) in [5.41, 5.74) is 0. The third-order valence-corrected chi connectivity index (χ3v) is 3.29. The maximum Gasteiger partial charge on any atom is 0.256 e. The second kappa shape index (κ2) is 6.65. The van der Waals surface area contributed by atoms with E-state index in [4.69, 9.17) is 9.26 Å². The first-order chi connectivity index (χ1) is 9.20. The normalized spacial score (nSPS) is 22.6. The third kappa shape index (κ3) is 3.76. The van der Waals surface area contributed by atoms with Crippen LogP contribution in [-0.4, -0.2) is 29.2 Å². The Morgan fingerprint density at radius 1 is 1.53 bits per heavy atom. The highest BCUT2D eigenvalue weighted by Crippen LogP contribution is 2.32. The summed E-state index contributed by atoms with van der Waals surface area (Å²) in [6, 6.07) is 0. The molecule has 0 bridgehead atoms. The molecule has 1 aliphatic rings. The predicted molar refractivity (Wildman–Crippen MR) is 68.4 cm³/mol. The molecule has 106 valence electrons. The van der Waals surface area contributed by atoms with Gasteiger partial charge in [-0.25, -0.2) is 0 Å². The first-order valence-electron chi connectivity index (χ1n) is 6.91. The molecule has 0 saturated carbocycles. The van der Waals surface area contributed by atoms with Gasteiger partial charge in [-0.05, 0) is 18.8 Å². The molecule has 1 saturated heterocycles. The van der Waals surface area contributed by atoms with Crippen LogP contribution >= 0.6 is 0 Å². The van der Waals surface area contributed by atoms with Gasteiger partial charge in [0.05, 0.1) is 6.42 Å². The maximum absolute atomic E-state index is 11.6. The Bertz CT molecular complexity index is 419. The predicted octanol–water partition coefficient (Wildman–Crippen LogP) is 1.63. The van der Waals surface area contributed by atoms with Crippen molar-refractivity contribution in [2.45, 2.75) is 45.6 Å². The molecule has 0 spiro atoms. The van der Waals surface area contributed by atoms with Gasteiger partial charge in [0.25, 0.3) is 5.89 Å². The van der Waals surface area contributed by atoms with Crippen LogP contribution in [0, 0.1) is 5.92 Å². The fourth-order valence-electron chi connectivity index (χ4n) is 2.08. The van der Waals surface area contributed by atoms with Crippen molar-refractivity contribution in [2.75, 3.05) is 13.2 Å². The van der Waals surface area contributed by atoms with Gasteiger partial charge in [-0.15, -0.1) is 0 Å². The number of ether oxygens (including phenoxy) is 1. The maximum atomic E-state index is 11.6. The third-order valence-electron chi connectivity index (χ3n) is 3.29. The van der Waals surface area contributed by atoms with E-state index in [9.17, 15) is 4.79 Å². The molecule has 2 heterocycles. The highest BCUT2D eigenvalue weighted by atomic mass is 16.5. The molecule has 2 rings (SSSR count). The van der Waals surface area contributed by atoms with Crippen LogP contribution in [0.1, 0.15) is 50.9 Å². The van der Waals surface area contributed by atoms with Crippen LogP contribution in [0.4, 0.5) is 0 Å². The smallest absolute Gasteiger partial charge is 0.256 e. The van der Waals surface area contributed by atoms with Crippen LogP contribution < -0.4 is 5.32 Å². The number of nitrogens with zero attached hydrogens (tertiary/aromatic N) is 2. The number of rotatable bonds is 6. The van der Waals surface area contributed by atoms with E-state index >= 15 is 0 Å². The first-order valence-corrected chi connectivity index (χ1v) is 6.91. The lowest BCUT2D eigenvalue weighted by atomic mass is 10.0. The highest BCUT2D eigenvalue weighted by Gasteiger charge is 2.30. The van der Waals surface area contributed by atoms with Crippen molar-refractivity contribution in [3.63, 3.8) is 0 Å². The molecule has 0 aliphatic carbocycles. The molecule has 0 unspecified atom stereocenters. The lowest BCUT2D eigenvalue weighted by Crippen LogP contribution is -2.26. The van der Waals surface area contributed by atoms with E-state index in [-0.39, 0.29) is 18.4 Å². The standard InChI is InChI=1S/C13H21N3O3/c1-3-4-6-14-11(17)8-10-15-13(19-16-10)12-9(2)5-7-18-12/h9,12H,3-8H2,1-2H3,(H,14,17)/t9-,12-/m0/s1. The molecule has 1 aliphatic heterocycles. The van der Waals surface area contributed by atoms with Crippen LogP contribution in [-0.2, 0) is 16.0 Å². The Kier molecular flexibility index (Phi) is 4.90. The van der Waals surface area contributed by atoms with E-state index in [2.05, 4.69) is 29.3 Å². The fraction of sp³-hybridized carbons (Fsp3) is 0.769. The largest absolute Gasteiger partial charge is 0.368 e. The van der Waals surface area contributed by atoms with Gasteiger partial charge < -0.3 is 14.6 Å². The van der Waals surface area contributed by atoms with Crippen LogP contribution in [0.2, 0.25) is 0 Å². The quantitative estimate of drug-likeness (QED) is 0.793. The lowest BCUT2D eigenvalue weighted by Gasteiger charge is -2.07. The van der Waals surface area contributed by atoms with E-state index in [1.165, 1.54) is 0 Å². The Morgan fingerprint density at radius 2 is 2.37 bits per heavy atom. The summed E-state index contributed by atoms with van der Waals surface area (Å²) in [6.45, 7) is 5.60. The van der Waals surface area contributed by atoms with Crippen molar-refractivity contribution >= 4 is 5.91 Å². The van der Waals surface area contributed by atoms with Crippen molar-refractivity contribution in [3.05, 3.63) is 11.7 Å². The number of amides is 1. The van der Waals surface area contributed by atoms with Crippen molar-refractivity contribution in [3.8, 4) is 0 Å². The summed E-state index contributed by atoms with van der Waals surface area (Å²) in [4.78, 5) is 15.9. The lowest BCUT2D eigenvalue weighted by molar-refractivity contribution is -0.120. The summed E-state index contributed by atoms with van der Waals surface area (Å²) >= 11 is 0. The molecule has 1 aromatic heterocycles. The summed E-state index contributed by atoms with van der Waals surface area (Å²) < 4.78 is 10.7. The SMILES string of the molecule is CCCCNC(=O)Cc1noc([C@H]2OCC[C@@H]2C)n1. The van der Waals surface area contributed by atoms with Gasteiger partial charge >= 0.3 is 0 Å². The number of nitrogens with one attached hydrogen (secondary N) is 1. The fourth-order valence-corrected chi connectivity index (χ4v) is 2.08. The molecule has 1 aromatic rings. The Labute approximate surface area is 112 Å². The van der Waals surface area contributed by atoms with Gasteiger partial charge in [-0.1, -0.05) is 25.4 Å². The van der Waals surface area contributed by atoms with Gasteiger partial charge in [0.1, 0.15) is 6.10 Å². The molecule has 1 N–H and O–H groups in total. The molecule has 0 radical (unpaired) electrons. The molecular formula is C13H21N3O3. The highest BCUT2D eigenvalue weighted by molar-refractivity contribution is 5.77. The minimum atomic E-state index is -0.121. The number of unbranched alkanes of at least 4 members (excludes halogenated alkanes) is 1. The summed E-state index contributed by atoms with van der Waals surface area (Å²) in [5.74, 6) is 1.22. The Morgan fingerprint density at radius 3 is 3.05 bits per heavy atom. The minimum absolute atomic E-state index is 0.0683. The van der Waals surface area contributed by atoms with Gasteiger partial charge in [-0.3, -0.25) is 4.79 Å². The zero-order valence-electron chi connectivity index (χ0n) is 11.5. The zero-order chi connectivity index (χ0) is 13.7. The van der Waals surface area contributed by atoms with Crippen molar-refractivity contribution < 1.29 is 14.1 Å². The van der Waals surface area contributed by atoms with E-state index in [0.717, 1.165) is 25.9 Å². The molecule has 6 nitrogen and oxygen atoms in total. The van der Waals surface area contributed by atoms with Crippen LogP contribution in [0.3, 0.4) is 0 Å². The summed E-state index contributed by atoms with van der Waals surface area (Å²) in [5, 5.41) is 6.66. The number of aromatic nitrogens is 2. The van der Waals surface area contributed by atoms with Crippen LogP contribution in [0.5, 0.6) is 0 Å². The van der Waals surface area contributed by atoms with Gasteiger partial charge in [-0.2, -0.15) is 4.98 Å². The van der Waals surface area contributed by atoms with Crippen molar-refractivity contribution in [2.24, 2.45) is 5.92 Å². The van der Waals surface area contributed by atoms with Gasteiger partial charge in [0.2, 0.25) is 5.91 Å². The number of carbonyl (C=O) groups is 1. The Balaban J connectivity index is 1.85. The number of hydrogen-bond donors (Lipinski definition) is 1. The minimum Gasteiger partial charge on any atom is -0.368 e. The second-order valence-corrected chi connectivity index (χ2v) is 4.99. The molecule has 1 amide bonds. The number of hydrogen-bond acceptors (Lipinski definition) is 5. The van der Waals surface area contributed by atoms with Crippen molar-refractivity contribution in [1.82, 2.24) is 15.5 Å². The zero-order valence-corrected chi connectivity index (χ0v) is 11.5. The van der Waals surface area contributed by atoms with Crippen LogP contribution in [0.25, 0.3) is 0 Å². The molecule has 1 fully saturated rings. The molecular weight excluding hydrogens is 246 g/mol. The first kappa shape index (κ1) is 14.0. The Hall–Kier alpha value is -1.43. The monoisotopic (exact) mass is 267 g/mol. The topological polar surface area (TPSA) is 77.2 Å². The van der Waals surface area contributed by atoms with E-state index < -0.39 is 0 Å². The van der Waals surface area contributed by atoms with Crippen molar-refractivity contribution in [1.29, 1.82) is 0 Å². The average Bonchev–Trinajstić information content (AvgIpc) is 2.98.